The van der Waals surface area contributed by atoms with Crippen LogP contribution in [-0.4, -0.2) is 39.8 Å². The van der Waals surface area contributed by atoms with E-state index >= 15 is 0 Å². The summed E-state index contributed by atoms with van der Waals surface area (Å²) in [7, 11) is 0. The molecule has 1 saturated heterocycles. The van der Waals surface area contributed by atoms with Crippen LogP contribution in [0.1, 0.15) is 28.8 Å². The molecule has 1 aromatic carbocycles. The SMILES string of the molecule is C=CC(=O)Nc1ccc(C(=O)N2CCCC2)cc1.Nc1ncc(C(F)(F)F)cn1. The molecule has 0 aliphatic carbocycles. The van der Waals surface area contributed by atoms with Crippen LogP contribution in [0.15, 0.2) is 49.3 Å². The summed E-state index contributed by atoms with van der Waals surface area (Å²) >= 11 is 0. The van der Waals surface area contributed by atoms with Crippen molar-refractivity contribution in [2.45, 2.75) is 19.0 Å². The smallest absolute Gasteiger partial charge is 0.368 e. The lowest BCUT2D eigenvalue weighted by atomic mass is 10.2. The van der Waals surface area contributed by atoms with Crippen LogP contribution >= 0.6 is 0 Å². The largest absolute Gasteiger partial charge is 0.419 e. The molecule has 1 aromatic heterocycles. The summed E-state index contributed by atoms with van der Waals surface area (Å²) in [5.41, 5.74) is 5.41. The first-order valence-electron chi connectivity index (χ1n) is 8.68. The number of nitrogens with zero attached hydrogens (tertiary/aromatic N) is 3. The molecule has 0 saturated carbocycles. The summed E-state index contributed by atoms with van der Waals surface area (Å²) in [5, 5.41) is 2.65. The lowest BCUT2D eigenvalue weighted by Gasteiger charge is -2.15. The number of nitrogens with two attached hydrogens (primary N) is 1. The second kappa shape index (κ2) is 9.67. The van der Waals surface area contributed by atoms with Crippen LogP contribution in [0.2, 0.25) is 0 Å². The van der Waals surface area contributed by atoms with Gasteiger partial charge in [0.2, 0.25) is 11.9 Å². The molecule has 154 valence electrons. The Balaban J connectivity index is 0.000000234. The topological polar surface area (TPSA) is 101 Å². The number of anilines is 2. The number of hydrogen-bond acceptors (Lipinski definition) is 5. The molecule has 0 bridgehead atoms. The van der Waals surface area contributed by atoms with Crippen LogP contribution < -0.4 is 11.1 Å². The normalized spacial score (nSPS) is 13.3. The van der Waals surface area contributed by atoms with Crippen molar-refractivity contribution in [2.24, 2.45) is 0 Å². The number of carbonyl (C=O) groups is 2. The van der Waals surface area contributed by atoms with E-state index in [1.165, 1.54) is 6.08 Å². The number of benzene rings is 1. The number of alkyl halides is 3. The van der Waals surface area contributed by atoms with E-state index in [2.05, 4.69) is 21.9 Å². The molecule has 1 aliphatic heterocycles. The number of carbonyl (C=O) groups excluding carboxylic acids is 2. The van der Waals surface area contributed by atoms with E-state index < -0.39 is 11.7 Å². The molecule has 29 heavy (non-hydrogen) atoms. The van der Waals surface area contributed by atoms with Gasteiger partial charge in [-0.3, -0.25) is 9.59 Å². The quantitative estimate of drug-likeness (QED) is 0.762. The van der Waals surface area contributed by atoms with Crippen LogP contribution in [0, 0.1) is 0 Å². The third-order valence-corrected chi connectivity index (χ3v) is 3.98. The molecular weight excluding hydrogens is 387 g/mol. The fourth-order valence-electron chi connectivity index (χ4n) is 2.48. The summed E-state index contributed by atoms with van der Waals surface area (Å²) in [6.07, 6.45) is 0.264. The number of amides is 2. The number of nitrogens with one attached hydrogen (secondary N) is 1. The third-order valence-electron chi connectivity index (χ3n) is 3.98. The molecule has 10 heteroatoms. The van der Waals surface area contributed by atoms with Crippen LogP contribution in [0.25, 0.3) is 0 Å². The van der Waals surface area contributed by atoms with Gasteiger partial charge in [0.05, 0.1) is 5.56 Å². The molecule has 0 atom stereocenters. The maximum absolute atomic E-state index is 12.1. The first kappa shape index (κ1) is 21.9. The Morgan fingerprint density at radius 2 is 1.66 bits per heavy atom. The van der Waals surface area contributed by atoms with Crippen molar-refractivity contribution in [1.29, 1.82) is 0 Å². The predicted octanol–water partition coefficient (Wildman–Crippen LogP) is 3.12. The van der Waals surface area contributed by atoms with E-state index in [0.717, 1.165) is 25.9 Å². The Morgan fingerprint density at radius 3 is 2.14 bits per heavy atom. The zero-order chi connectivity index (χ0) is 21.4. The van der Waals surface area contributed by atoms with Crippen molar-refractivity contribution < 1.29 is 22.8 Å². The molecule has 0 unspecified atom stereocenters. The Bertz CT molecular complexity index is 846. The molecule has 7 nitrogen and oxygen atoms in total. The van der Waals surface area contributed by atoms with Gasteiger partial charge in [-0.2, -0.15) is 13.2 Å². The predicted molar refractivity (Wildman–Crippen MR) is 102 cm³/mol. The molecule has 3 N–H and O–H groups in total. The van der Waals surface area contributed by atoms with Crippen molar-refractivity contribution >= 4 is 23.5 Å². The maximum atomic E-state index is 12.1. The zero-order valence-corrected chi connectivity index (χ0v) is 15.4. The lowest BCUT2D eigenvalue weighted by Crippen LogP contribution is -2.27. The minimum atomic E-state index is -4.40. The summed E-state index contributed by atoms with van der Waals surface area (Å²) in [6, 6.07) is 6.92. The Hall–Kier alpha value is -3.43. The molecule has 2 heterocycles. The summed E-state index contributed by atoms with van der Waals surface area (Å²) in [4.78, 5) is 31.4. The second-order valence-electron chi connectivity index (χ2n) is 6.10. The number of aromatic nitrogens is 2. The van der Waals surface area contributed by atoms with Crippen LogP contribution in [-0.2, 0) is 11.0 Å². The minimum absolute atomic E-state index is 0.0640. The summed E-state index contributed by atoms with van der Waals surface area (Å²) in [5.74, 6) is -0.360. The minimum Gasteiger partial charge on any atom is -0.368 e. The highest BCUT2D eigenvalue weighted by molar-refractivity contribution is 5.99. The maximum Gasteiger partial charge on any atom is 0.419 e. The second-order valence-corrected chi connectivity index (χ2v) is 6.10. The number of rotatable bonds is 3. The highest BCUT2D eigenvalue weighted by Gasteiger charge is 2.31. The number of nitrogen functional groups attached to an aromatic ring is 1. The van der Waals surface area contributed by atoms with Gasteiger partial charge in [0.15, 0.2) is 0 Å². The van der Waals surface area contributed by atoms with E-state index in [9.17, 15) is 22.8 Å². The fourth-order valence-corrected chi connectivity index (χ4v) is 2.48. The molecule has 1 fully saturated rings. The molecule has 0 spiro atoms. The monoisotopic (exact) mass is 407 g/mol. The van der Waals surface area contributed by atoms with Gasteiger partial charge in [0, 0.05) is 36.7 Å². The van der Waals surface area contributed by atoms with Gasteiger partial charge >= 0.3 is 6.18 Å². The van der Waals surface area contributed by atoms with E-state index in [1.807, 2.05) is 4.90 Å². The third kappa shape index (κ3) is 6.59. The van der Waals surface area contributed by atoms with E-state index in [-0.39, 0.29) is 17.8 Å². The standard InChI is InChI=1S/C14H16N2O2.C5H4F3N3/c1-2-13(17)15-12-7-5-11(6-8-12)14(18)16-9-3-4-10-16;6-5(7,8)3-1-10-4(9)11-2-3/h2,5-8H,1,3-4,9-10H2,(H,15,17);1-2H,(H2,9,10,11). The van der Waals surface area contributed by atoms with Crippen LogP contribution in [0.3, 0.4) is 0 Å². The van der Waals surface area contributed by atoms with E-state index in [0.29, 0.717) is 23.6 Å². The average molecular weight is 407 g/mol. The average Bonchev–Trinajstić information content (AvgIpc) is 3.23. The van der Waals surface area contributed by atoms with E-state index in [1.54, 1.807) is 24.3 Å². The molecular formula is C19H20F3N5O2. The Morgan fingerprint density at radius 1 is 1.10 bits per heavy atom. The van der Waals surface area contributed by atoms with Crippen molar-refractivity contribution in [2.75, 3.05) is 24.1 Å². The Kier molecular flexibility index (Phi) is 7.29. The summed E-state index contributed by atoms with van der Waals surface area (Å²) < 4.78 is 35.4. The van der Waals surface area contributed by atoms with Gasteiger partial charge in [0.25, 0.3) is 5.91 Å². The highest BCUT2D eigenvalue weighted by Crippen LogP contribution is 2.27. The van der Waals surface area contributed by atoms with Crippen LogP contribution in [0.5, 0.6) is 0 Å². The molecule has 3 rings (SSSR count). The molecule has 1 aliphatic rings. The number of likely N-dealkylation sites (tertiary alicyclic amines) is 1. The van der Waals surface area contributed by atoms with Gasteiger partial charge < -0.3 is 16.0 Å². The van der Waals surface area contributed by atoms with Crippen molar-refractivity contribution in [1.82, 2.24) is 14.9 Å². The Labute approximate surface area is 165 Å². The van der Waals surface area contributed by atoms with Crippen LogP contribution in [0.4, 0.5) is 24.8 Å². The van der Waals surface area contributed by atoms with Gasteiger partial charge in [-0.15, -0.1) is 0 Å². The molecule has 2 amide bonds. The molecule has 0 radical (unpaired) electrons. The van der Waals surface area contributed by atoms with Gasteiger partial charge in [-0.25, -0.2) is 9.97 Å². The number of halogens is 3. The fraction of sp³-hybridized carbons (Fsp3) is 0.263. The number of hydrogen-bond donors (Lipinski definition) is 2. The van der Waals surface area contributed by atoms with Crippen molar-refractivity contribution in [3.63, 3.8) is 0 Å². The summed E-state index contributed by atoms with van der Waals surface area (Å²) in [6.45, 7) is 5.06. The van der Waals surface area contributed by atoms with Gasteiger partial charge in [-0.05, 0) is 43.2 Å². The van der Waals surface area contributed by atoms with Gasteiger partial charge in [-0.1, -0.05) is 6.58 Å². The lowest BCUT2D eigenvalue weighted by molar-refractivity contribution is -0.138. The van der Waals surface area contributed by atoms with E-state index in [4.69, 9.17) is 5.73 Å². The first-order chi connectivity index (χ1) is 13.7. The van der Waals surface area contributed by atoms with Crippen molar-refractivity contribution in [3.05, 3.63) is 60.4 Å². The highest BCUT2D eigenvalue weighted by atomic mass is 19.4. The zero-order valence-electron chi connectivity index (χ0n) is 15.4. The molecule has 2 aromatic rings. The first-order valence-corrected chi connectivity index (χ1v) is 8.68. The van der Waals surface area contributed by atoms with Gasteiger partial charge in [0.1, 0.15) is 0 Å². The van der Waals surface area contributed by atoms with Crippen molar-refractivity contribution in [3.8, 4) is 0 Å².